The molecule has 0 aromatic carbocycles. The van der Waals surface area contributed by atoms with E-state index in [2.05, 4.69) is 148 Å². The lowest BCUT2D eigenvalue weighted by molar-refractivity contribution is -0.167. The van der Waals surface area contributed by atoms with Crippen molar-refractivity contribution >= 4 is 17.9 Å². The van der Waals surface area contributed by atoms with E-state index in [1.807, 2.05) is 6.08 Å². The van der Waals surface area contributed by atoms with Crippen LogP contribution in [-0.4, -0.2) is 37.2 Å². The number of carbonyl (C=O) groups excluding carboxylic acids is 3. The molecule has 0 aromatic heterocycles. The normalized spacial score (nSPS) is 13.2. The van der Waals surface area contributed by atoms with Crippen molar-refractivity contribution < 1.29 is 28.6 Å². The van der Waals surface area contributed by atoms with Gasteiger partial charge >= 0.3 is 17.9 Å². The molecule has 0 aliphatic carbocycles. The summed E-state index contributed by atoms with van der Waals surface area (Å²) in [4.78, 5) is 37.9. The highest BCUT2D eigenvalue weighted by Gasteiger charge is 2.19. The van der Waals surface area contributed by atoms with E-state index in [-0.39, 0.29) is 44.0 Å². The third kappa shape index (κ3) is 50.4. The molecule has 0 bridgehead atoms. The monoisotopic (exact) mass is 897 g/mol. The molecule has 0 saturated carbocycles. The highest BCUT2D eigenvalue weighted by molar-refractivity contribution is 5.71. The molecule has 0 saturated heterocycles. The Hall–Kier alpha value is -4.45. The van der Waals surface area contributed by atoms with Crippen molar-refractivity contribution in [2.24, 2.45) is 0 Å². The lowest BCUT2D eigenvalue weighted by atomic mass is 10.1. The maximum atomic E-state index is 12.8. The van der Waals surface area contributed by atoms with E-state index in [1.165, 1.54) is 44.9 Å². The van der Waals surface area contributed by atoms with Gasteiger partial charge in [-0.05, 0) is 109 Å². The molecule has 1 unspecified atom stereocenters. The summed E-state index contributed by atoms with van der Waals surface area (Å²) < 4.78 is 16.7. The molecule has 0 rings (SSSR count). The number of ether oxygens (including phenoxy) is 3. The number of allylic oxidation sites excluding steroid dienone is 22. The molecule has 6 nitrogen and oxygen atoms in total. The molecule has 364 valence electrons. The lowest BCUT2D eigenvalue weighted by Gasteiger charge is -2.18. The Kier molecular flexibility index (Phi) is 48.6. The van der Waals surface area contributed by atoms with Crippen molar-refractivity contribution in [1.29, 1.82) is 0 Å². The Labute approximate surface area is 398 Å². The van der Waals surface area contributed by atoms with E-state index in [0.29, 0.717) is 19.3 Å². The van der Waals surface area contributed by atoms with Gasteiger partial charge in [0.1, 0.15) is 13.2 Å². The Morgan fingerprint density at radius 1 is 0.338 bits per heavy atom. The first-order chi connectivity index (χ1) is 32.0. The second-order valence-electron chi connectivity index (χ2n) is 16.4. The minimum atomic E-state index is -0.840. The number of carbonyl (C=O) groups is 3. The maximum absolute atomic E-state index is 12.8. The van der Waals surface area contributed by atoms with Crippen LogP contribution in [0.25, 0.3) is 0 Å². The predicted octanol–water partition coefficient (Wildman–Crippen LogP) is 17.1. The van der Waals surface area contributed by atoms with Crippen LogP contribution in [-0.2, 0) is 28.6 Å². The number of esters is 3. The van der Waals surface area contributed by atoms with Gasteiger partial charge in [-0.2, -0.15) is 0 Å². The van der Waals surface area contributed by atoms with Gasteiger partial charge in [0.2, 0.25) is 0 Å². The maximum Gasteiger partial charge on any atom is 0.306 e. The first-order valence-corrected chi connectivity index (χ1v) is 25.7. The van der Waals surface area contributed by atoms with Gasteiger partial charge in [0.25, 0.3) is 0 Å². The topological polar surface area (TPSA) is 78.9 Å². The second-order valence-corrected chi connectivity index (χ2v) is 16.4. The smallest absolute Gasteiger partial charge is 0.306 e. The lowest BCUT2D eigenvalue weighted by Crippen LogP contribution is -2.30. The molecule has 6 heteroatoms. The third-order valence-electron chi connectivity index (χ3n) is 10.2. The van der Waals surface area contributed by atoms with Crippen LogP contribution in [0.1, 0.15) is 201 Å². The SMILES string of the molecule is CC/C=C/C=C/C=C/CCCCCCCC(=O)OCC(COC(=O)CCC/C=C/C/C=C/C/C=C/C/C=C/C/C=C/CC)OC(=O)CCC/C=C/C/C=C/C/C=C/CCCCCCCC. The van der Waals surface area contributed by atoms with Crippen LogP contribution in [0.2, 0.25) is 0 Å². The van der Waals surface area contributed by atoms with Crippen molar-refractivity contribution in [3.05, 3.63) is 134 Å². The second kappa shape index (κ2) is 52.2. The van der Waals surface area contributed by atoms with Gasteiger partial charge in [-0.3, -0.25) is 14.4 Å². The van der Waals surface area contributed by atoms with Crippen LogP contribution in [0.3, 0.4) is 0 Å². The highest BCUT2D eigenvalue weighted by Crippen LogP contribution is 2.11. The minimum Gasteiger partial charge on any atom is -0.462 e. The average molecular weight is 897 g/mol. The Morgan fingerprint density at radius 3 is 1.17 bits per heavy atom. The zero-order valence-corrected chi connectivity index (χ0v) is 41.4. The van der Waals surface area contributed by atoms with Gasteiger partial charge in [-0.1, -0.05) is 206 Å². The molecule has 0 aliphatic heterocycles. The number of hydrogen-bond donors (Lipinski definition) is 0. The van der Waals surface area contributed by atoms with Gasteiger partial charge in [0.05, 0.1) is 0 Å². The van der Waals surface area contributed by atoms with Crippen molar-refractivity contribution in [2.45, 2.75) is 207 Å². The van der Waals surface area contributed by atoms with Crippen molar-refractivity contribution in [3.8, 4) is 0 Å². The van der Waals surface area contributed by atoms with E-state index in [9.17, 15) is 14.4 Å². The fraction of sp³-hybridized carbons (Fsp3) is 0.576. The van der Waals surface area contributed by atoms with E-state index in [4.69, 9.17) is 14.2 Å². The number of unbranched alkanes of at least 4 members (excludes halogenated alkanes) is 13. The standard InChI is InChI=1S/C59H92O6/c1-4-7-10-13-16-19-22-25-27-29-31-34-37-40-43-46-49-52-58(61)64-55-56(54-63-57(60)51-48-45-42-39-36-33-24-21-18-15-12-9-6-3)65-59(62)53-50-47-44-41-38-35-32-30-28-26-23-20-17-14-11-8-5-2/h7,9-10,12,15-16,18-19,21,24-28,31-32,34-35,40-41,43-44,56H,4-6,8,11,13-14,17,20,22-23,29-30,33,36-39,42,45-55H2,1-3H3/b10-7+,12-9+,18-15+,19-16+,24-21+,27-25+,28-26+,34-31+,35-32+,43-40+,44-41+. The van der Waals surface area contributed by atoms with Crippen molar-refractivity contribution in [3.63, 3.8) is 0 Å². The molecule has 0 aliphatic rings. The zero-order chi connectivity index (χ0) is 47.2. The van der Waals surface area contributed by atoms with E-state index in [0.717, 1.165) is 103 Å². The van der Waals surface area contributed by atoms with E-state index < -0.39 is 6.10 Å². The molecular weight excluding hydrogens is 805 g/mol. The summed E-state index contributed by atoms with van der Waals surface area (Å²) in [6.45, 7) is 6.25. The molecule has 0 fully saturated rings. The first-order valence-electron chi connectivity index (χ1n) is 25.7. The summed E-state index contributed by atoms with van der Waals surface area (Å²) in [5, 5.41) is 0. The number of hydrogen-bond acceptors (Lipinski definition) is 6. The van der Waals surface area contributed by atoms with Crippen molar-refractivity contribution in [2.75, 3.05) is 13.2 Å². The molecule has 0 aromatic rings. The average Bonchev–Trinajstić information content (AvgIpc) is 3.30. The minimum absolute atomic E-state index is 0.132. The molecular formula is C59H92O6. The van der Waals surface area contributed by atoms with Crippen LogP contribution < -0.4 is 0 Å². The van der Waals surface area contributed by atoms with Crippen LogP contribution in [0.4, 0.5) is 0 Å². The predicted molar refractivity (Wildman–Crippen MR) is 279 cm³/mol. The fourth-order valence-electron chi connectivity index (χ4n) is 6.37. The summed E-state index contributed by atoms with van der Waals surface area (Å²) in [5.74, 6) is -1.07. The summed E-state index contributed by atoms with van der Waals surface area (Å²) in [6, 6.07) is 0. The van der Waals surface area contributed by atoms with Gasteiger partial charge in [-0.25, -0.2) is 0 Å². The largest absolute Gasteiger partial charge is 0.462 e. The molecule has 0 spiro atoms. The molecule has 0 radical (unpaired) electrons. The number of rotatable bonds is 44. The molecule has 0 heterocycles. The summed E-state index contributed by atoms with van der Waals surface area (Å²) in [7, 11) is 0. The van der Waals surface area contributed by atoms with Crippen molar-refractivity contribution in [1.82, 2.24) is 0 Å². The Bertz CT molecular complexity index is 1450. The van der Waals surface area contributed by atoms with Crippen LogP contribution >= 0.6 is 0 Å². The Balaban J connectivity index is 4.61. The third-order valence-corrected chi connectivity index (χ3v) is 10.2. The molecule has 0 N–H and O–H groups in total. The van der Waals surface area contributed by atoms with E-state index >= 15 is 0 Å². The molecule has 0 amide bonds. The highest BCUT2D eigenvalue weighted by atomic mass is 16.6. The Morgan fingerprint density at radius 2 is 0.692 bits per heavy atom. The van der Waals surface area contributed by atoms with Gasteiger partial charge in [0.15, 0.2) is 6.10 Å². The summed E-state index contributed by atoms with van der Waals surface area (Å²) >= 11 is 0. The quantitative estimate of drug-likeness (QED) is 0.0199. The van der Waals surface area contributed by atoms with E-state index in [1.54, 1.807) is 0 Å². The fourth-order valence-corrected chi connectivity index (χ4v) is 6.37. The molecule has 1 atom stereocenters. The van der Waals surface area contributed by atoms with Crippen LogP contribution in [0, 0.1) is 0 Å². The first kappa shape index (κ1) is 60.5. The van der Waals surface area contributed by atoms with Crippen LogP contribution in [0.5, 0.6) is 0 Å². The zero-order valence-electron chi connectivity index (χ0n) is 41.4. The summed E-state index contributed by atoms with van der Waals surface area (Å²) in [6.07, 6.45) is 73.0. The van der Waals surface area contributed by atoms with Gasteiger partial charge < -0.3 is 14.2 Å². The van der Waals surface area contributed by atoms with Gasteiger partial charge in [-0.15, -0.1) is 0 Å². The van der Waals surface area contributed by atoms with Crippen LogP contribution in [0.15, 0.2) is 134 Å². The summed E-state index contributed by atoms with van der Waals surface area (Å²) in [5.41, 5.74) is 0. The van der Waals surface area contributed by atoms with Gasteiger partial charge in [0, 0.05) is 19.3 Å². The molecule has 65 heavy (non-hydrogen) atoms.